The zero-order chi connectivity index (χ0) is 18.9. The van der Waals surface area contributed by atoms with Crippen LogP contribution in [0.3, 0.4) is 0 Å². The maximum atomic E-state index is 14.1. The lowest BCUT2D eigenvalue weighted by atomic mass is 10.1. The Morgan fingerprint density at radius 3 is 2.44 bits per heavy atom. The summed E-state index contributed by atoms with van der Waals surface area (Å²) in [5.41, 5.74) is -1.21. The Kier molecular flexibility index (Phi) is 5.71. The van der Waals surface area contributed by atoms with Crippen LogP contribution in [0, 0.1) is 11.6 Å². The van der Waals surface area contributed by atoms with E-state index >= 15 is 0 Å². The van der Waals surface area contributed by atoms with Gasteiger partial charge in [0.15, 0.2) is 5.82 Å². The van der Waals surface area contributed by atoms with Gasteiger partial charge in [0.1, 0.15) is 17.0 Å². The van der Waals surface area contributed by atoms with Crippen LogP contribution in [0.5, 0.6) is 0 Å². The van der Waals surface area contributed by atoms with Gasteiger partial charge in [-0.15, -0.1) is 0 Å². The van der Waals surface area contributed by atoms with Crippen molar-refractivity contribution in [3.8, 4) is 0 Å². The molecule has 0 aromatic heterocycles. The lowest BCUT2D eigenvalue weighted by Crippen LogP contribution is -2.56. The number of amides is 2. The molecule has 1 fully saturated rings. The molecular weight excluding hydrogens is 398 g/mol. The minimum Gasteiger partial charge on any atom is -0.444 e. The van der Waals surface area contributed by atoms with Gasteiger partial charge in [0.2, 0.25) is 0 Å². The number of carbonyl (C=O) groups excluding carboxylic acids is 2. The molecule has 1 aliphatic heterocycles. The van der Waals surface area contributed by atoms with Crippen molar-refractivity contribution < 1.29 is 23.1 Å². The molecule has 8 heteroatoms. The average molecular weight is 419 g/mol. The Hall–Kier alpha value is -1.70. The second-order valence-electron chi connectivity index (χ2n) is 6.99. The van der Waals surface area contributed by atoms with Crippen LogP contribution in [0.15, 0.2) is 16.6 Å². The number of hydrogen-bond acceptors (Lipinski definition) is 3. The summed E-state index contributed by atoms with van der Waals surface area (Å²) in [6.45, 7) is 7.66. The molecule has 1 heterocycles. The molecule has 25 heavy (non-hydrogen) atoms. The van der Waals surface area contributed by atoms with Gasteiger partial charge in [0.05, 0.1) is 4.47 Å². The molecule has 0 unspecified atom stereocenters. The molecule has 0 N–H and O–H groups in total. The number of piperazine rings is 1. The maximum Gasteiger partial charge on any atom is 0.410 e. The number of benzene rings is 1. The smallest absolute Gasteiger partial charge is 0.410 e. The van der Waals surface area contributed by atoms with Crippen LogP contribution in [-0.4, -0.2) is 53.1 Å². The number of ether oxygens (including phenoxy) is 1. The number of rotatable bonds is 1. The van der Waals surface area contributed by atoms with Gasteiger partial charge in [0.25, 0.3) is 5.91 Å². The highest BCUT2D eigenvalue weighted by Gasteiger charge is 2.34. The van der Waals surface area contributed by atoms with Crippen LogP contribution >= 0.6 is 15.9 Å². The van der Waals surface area contributed by atoms with Crippen molar-refractivity contribution in [3.05, 3.63) is 33.8 Å². The zero-order valence-electron chi connectivity index (χ0n) is 14.6. The summed E-state index contributed by atoms with van der Waals surface area (Å²) in [6, 6.07) is 1.93. The van der Waals surface area contributed by atoms with Gasteiger partial charge in [0, 0.05) is 25.7 Å². The second kappa shape index (κ2) is 7.27. The molecule has 5 nitrogen and oxygen atoms in total. The fourth-order valence-corrected chi connectivity index (χ4v) is 2.95. The van der Waals surface area contributed by atoms with Gasteiger partial charge in [-0.1, -0.05) is 0 Å². The predicted molar refractivity (Wildman–Crippen MR) is 92.4 cm³/mol. The summed E-state index contributed by atoms with van der Waals surface area (Å²) in [5, 5.41) is 0. The topological polar surface area (TPSA) is 49.9 Å². The first-order valence-corrected chi connectivity index (χ1v) is 8.73. The standard InChI is InChI=1S/C17H21BrF2N2O3/c1-10-9-21(7-8-22(10)16(24)25-17(2,3)4)15(23)13-12(19)6-5-11(18)14(13)20/h5-6,10H,7-9H2,1-4H3/t10-/m1/s1. The van der Waals surface area contributed by atoms with Crippen molar-refractivity contribution in [2.24, 2.45) is 0 Å². The van der Waals surface area contributed by atoms with E-state index in [1.807, 2.05) is 0 Å². The van der Waals surface area contributed by atoms with E-state index in [1.54, 1.807) is 27.7 Å². The van der Waals surface area contributed by atoms with E-state index in [9.17, 15) is 18.4 Å². The highest BCUT2D eigenvalue weighted by atomic mass is 79.9. The Bertz CT molecular complexity index is 691. The van der Waals surface area contributed by atoms with Crippen LogP contribution < -0.4 is 0 Å². The SMILES string of the molecule is C[C@@H]1CN(C(=O)c2c(F)ccc(Br)c2F)CCN1C(=O)OC(C)(C)C. The van der Waals surface area contributed by atoms with Crippen LogP contribution in [0.2, 0.25) is 0 Å². The van der Waals surface area contributed by atoms with Gasteiger partial charge >= 0.3 is 6.09 Å². The molecule has 0 radical (unpaired) electrons. The number of nitrogens with zero attached hydrogens (tertiary/aromatic N) is 2. The molecule has 0 spiro atoms. The van der Waals surface area contributed by atoms with Crippen molar-refractivity contribution in [1.29, 1.82) is 0 Å². The van der Waals surface area contributed by atoms with Crippen molar-refractivity contribution in [2.75, 3.05) is 19.6 Å². The highest BCUT2D eigenvalue weighted by Crippen LogP contribution is 2.24. The van der Waals surface area contributed by atoms with Crippen LogP contribution in [-0.2, 0) is 4.74 Å². The molecule has 1 aliphatic rings. The first kappa shape index (κ1) is 19.6. The summed E-state index contributed by atoms with van der Waals surface area (Å²) < 4.78 is 33.4. The lowest BCUT2D eigenvalue weighted by molar-refractivity contribution is 0.00182. The number of halogens is 3. The van der Waals surface area contributed by atoms with E-state index < -0.39 is 34.8 Å². The number of carbonyl (C=O) groups is 2. The minimum absolute atomic E-state index is 0.0256. The molecule has 0 aliphatic carbocycles. The van der Waals surface area contributed by atoms with Crippen LogP contribution in [0.25, 0.3) is 0 Å². The van der Waals surface area contributed by atoms with Crippen LogP contribution in [0.1, 0.15) is 38.1 Å². The summed E-state index contributed by atoms with van der Waals surface area (Å²) in [6.07, 6.45) is -0.466. The Morgan fingerprint density at radius 1 is 1.24 bits per heavy atom. The second-order valence-corrected chi connectivity index (χ2v) is 7.85. The van der Waals surface area contributed by atoms with E-state index in [0.29, 0.717) is 0 Å². The van der Waals surface area contributed by atoms with Crippen molar-refractivity contribution in [1.82, 2.24) is 9.80 Å². The molecule has 1 aromatic carbocycles. The van der Waals surface area contributed by atoms with E-state index in [1.165, 1.54) is 15.9 Å². The van der Waals surface area contributed by atoms with Crippen molar-refractivity contribution >= 4 is 27.9 Å². The third kappa shape index (κ3) is 4.48. The molecule has 1 aromatic rings. The van der Waals surface area contributed by atoms with Gasteiger partial charge < -0.3 is 14.5 Å². The van der Waals surface area contributed by atoms with Crippen molar-refractivity contribution in [2.45, 2.75) is 39.3 Å². The summed E-state index contributed by atoms with van der Waals surface area (Å²) in [5.74, 6) is -2.56. The van der Waals surface area contributed by atoms with Crippen LogP contribution in [0.4, 0.5) is 13.6 Å². The average Bonchev–Trinajstić information content (AvgIpc) is 2.49. The molecule has 0 bridgehead atoms. The lowest BCUT2D eigenvalue weighted by Gasteiger charge is -2.40. The quantitative estimate of drug-likeness (QED) is 0.651. The third-order valence-corrected chi connectivity index (χ3v) is 4.41. The fourth-order valence-electron chi connectivity index (χ4n) is 2.62. The molecular formula is C17H21BrF2N2O3. The van der Waals surface area contributed by atoms with Gasteiger partial charge in [-0.25, -0.2) is 13.6 Å². The Morgan fingerprint density at radius 2 is 1.88 bits per heavy atom. The van der Waals surface area contributed by atoms with E-state index in [-0.39, 0.29) is 30.1 Å². The first-order valence-electron chi connectivity index (χ1n) is 7.93. The van der Waals surface area contributed by atoms with Gasteiger partial charge in [-0.2, -0.15) is 0 Å². The molecule has 1 atom stereocenters. The normalized spacial score (nSPS) is 18.3. The monoisotopic (exact) mass is 418 g/mol. The van der Waals surface area contributed by atoms with E-state index in [2.05, 4.69) is 15.9 Å². The van der Waals surface area contributed by atoms with Gasteiger partial charge in [-0.05, 0) is 55.8 Å². The Labute approximate surface area is 154 Å². The summed E-state index contributed by atoms with van der Waals surface area (Å²) >= 11 is 2.96. The molecule has 2 amide bonds. The fraction of sp³-hybridized carbons (Fsp3) is 0.529. The molecule has 2 rings (SSSR count). The predicted octanol–water partition coefficient (Wildman–Crippen LogP) is 3.81. The largest absolute Gasteiger partial charge is 0.444 e. The maximum absolute atomic E-state index is 14.1. The van der Waals surface area contributed by atoms with Crippen molar-refractivity contribution in [3.63, 3.8) is 0 Å². The molecule has 0 saturated carbocycles. The highest BCUT2D eigenvalue weighted by molar-refractivity contribution is 9.10. The Balaban J connectivity index is 2.12. The third-order valence-electron chi connectivity index (χ3n) is 3.80. The zero-order valence-corrected chi connectivity index (χ0v) is 16.2. The first-order chi connectivity index (χ1) is 11.5. The van der Waals surface area contributed by atoms with E-state index in [0.717, 1.165) is 6.07 Å². The number of hydrogen-bond donors (Lipinski definition) is 0. The molecule has 1 saturated heterocycles. The van der Waals surface area contributed by atoms with Gasteiger partial charge in [-0.3, -0.25) is 4.79 Å². The summed E-state index contributed by atoms with van der Waals surface area (Å²) in [4.78, 5) is 27.6. The minimum atomic E-state index is -0.924. The van der Waals surface area contributed by atoms with E-state index in [4.69, 9.17) is 4.74 Å². The molecule has 138 valence electrons. The summed E-state index contributed by atoms with van der Waals surface area (Å²) in [7, 11) is 0.